The van der Waals surface area contributed by atoms with Crippen LogP contribution in [0.15, 0.2) is 30.3 Å². The van der Waals surface area contributed by atoms with E-state index >= 15 is 0 Å². The Balaban J connectivity index is 1.74. The summed E-state index contributed by atoms with van der Waals surface area (Å²) in [5.41, 5.74) is 0.755. The van der Waals surface area contributed by atoms with Gasteiger partial charge in [0.15, 0.2) is 0 Å². The standard InChI is InChI=1S/C15H19NO2/c17-14-8-4-7-12-9-16(10-13(12)14)15(18)11-5-2-1-3-6-11/h1-3,5-6,12-14,17H,4,7-10H2/t12-,13+,14?/m1/s1. The van der Waals surface area contributed by atoms with E-state index < -0.39 is 0 Å². The molecule has 2 fully saturated rings. The number of hydrogen-bond donors (Lipinski definition) is 1. The maximum Gasteiger partial charge on any atom is 0.253 e. The lowest BCUT2D eigenvalue weighted by atomic mass is 9.80. The van der Waals surface area contributed by atoms with E-state index in [1.807, 2.05) is 35.2 Å². The van der Waals surface area contributed by atoms with Gasteiger partial charge in [-0.15, -0.1) is 0 Å². The molecule has 1 N–H and O–H groups in total. The Bertz CT molecular complexity index is 431. The number of aliphatic hydroxyl groups excluding tert-OH is 1. The molecular weight excluding hydrogens is 226 g/mol. The molecule has 0 bridgehead atoms. The van der Waals surface area contributed by atoms with Gasteiger partial charge in [-0.3, -0.25) is 4.79 Å². The third kappa shape index (κ3) is 2.03. The first-order chi connectivity index (χ1) is 8.75. The highest BCUT2D eigenvalue weighted by atomic mass is 16.3. The summed E-state index contributed by atoms with van der Waals surface area (Å²) >= 11 is 0. The van der Waals surface area contributed by atoms with E-state index in [-0.39, 0.29) is 12.0 Å². The zero-order valence-electron chi connectivity index (χ0n) is 10.5. The van der Waals surface area contributed by atoms with Crippen LogP contribution < -0.4 is 0 Å². The van der Waals surface area contributed by atoms with Gasteiger partial charge in [0.2, 0.25) is 0 Å². The molecule has 2 aliphatic rings. The summed E-state index contributed by atoms with van der Waals surface area (Å²) in [6, 6.07) is 9.43. The van der Waals surface area contributed by atoms with Gasteiger partial charge in [0.1, 0.15) is 0 Å². The molecule has 1 unspecified atom stereocenters. The molecule has 1 heterocycles. The molecule has 96 valence electrons. The molecule has 0 aromatic heterocycles. The van der Waals surface area contributed by atoms with E-state index in [0.717, 1.165) is 37.9 Å². The third-order valence-electron chi connectivity index (χ3n) is 4.37. The molecule has 3 nitrogen and oxygen atoms in total. The lowest BCUT2D eigenvalue weighted by molar-refractivity contribution is 0.0539. The highest BCUT2D eigenvalue weighted by molar-refractivity contribution is 5.94. The molecule has 0 spiro atoms. The third-order valence-corrected chi connectivity index (χ3v) is 4.37. The second-order valence-electron chi connectivity index (χ2n) is 5.50. The Morgan fingerprint density at radius 1 is 1.17 bits per heavy atom. The second kappa shape index (κ2) is 4.73. The monoisotopic (exact) mass is 245 g/mol. The van der Waals surface area contributed by atoms with Gasteiger partial charge in [-0.05, 0) is 30.9 Å². The smallest absolute Gasteiger partial charge is 0.253 e. The van der Waals surface area contributed by atoms with Crippen LogP contribution in [0, 0.1) is 11.8 Å². The fourth-order valence-electron chi connectivity index (χ4n) is 3.37. The van der Waals surface area contributed by atoms with Gasteiger partial charge in [-0.1, -0.05) is 24.6 Å². The summed E-state index contributed by atoms with van der Waals surface area (Å²) in [5.74, 6) is 0.907. The number of aliphatic hydroxyl groups is 1. The highest BCUT2D eigenvalue weighted by Crippen LogP contribution is 2.36. The molecule has 1 aromatic rings. The van der Waals surface area contributed by atoms with E-state index in [4.69, 9.17) is 0 Å². The number of rotatable bonds is 1. The minimum absolute atomic E-state index is 0.109. The lowest BCUT2D eigenvalue weighted by Crippen LogP contribution is -2.32. The van der Waals surface area contributed by atoms with Crippen molar-refractivity contribution >= 4 is 5.91 Å². The van der Waals surface area contributed by atoms with Crippen LogP contribution in [-0.4, -0.2) is 35.1 Å². The van der Waals surface area contributed by atoms with Crippen molar-refractivity contribution in [3.63, 3.8) is 0 Å². The first-order valence-electron chi connectivity index (χ1n) is 6.78. The van der Waals surface area contributed by atoms with Crippen molar-refractivity contribution in [2.24, 2.45) is 11.8 Å². The van der Waals surface area contributed by atoms with E-state index in [1.165, 1.54) is 0 Å². The normalized spacial score (nSPS) is 31.2. The maximum absolute atomic E-state index is 12.3. The number of likely N-dealkylation sites (tertiary alicyclic amines) is 1. The van der Waals surface area contributed by atoms with Gasteiger partial charge in [-0.2, -0.15) is 0 Å². The van der Waals surface area contributed by atoms with Gasteiger partial charge in [0.05, 0.1) is 6.10 Å². The Kier molecular flexibility index (Phi) is 3.08. The Morgan fingerprint density at radius 3 is 2.67 bits per heavy atom. The molecule has 1 saturated carbocycles. The molecule has 1 aliphatic heterocycles. The Morgan fingerprint density at radius 2 is 1.94 bits per heavy atom. The van der Waals surface area contributed by atoms with Gasteiger partial charge < -0.3 is 10.0 Å². The van der Waals surface area contributed by atoms with Crippen molar-refractivity contribution < 1.29 is 9.90 Å². The molecule has 18 heavy (non-hydrogen) atoms. The van der Waals surface area contributed by atoms with Crippen LogP contribution in [0.2, 0.25) is 0 Å². The van der Waals surface area contributed by atoms with E-state index in [9.17, 15) is 9.90 Å². The van der Waals surface area contributed by atoms with E-state index in [1.54, 1.807) is 0 Å². The van der Waals surface area contributed by atoms with Gasteiger partial charge >= 0.3 is 0 Å². The van der Waals surface area contributed by atoms with Crippen molar-refractivity contribution in [1.29, 1.82) is 0 Å². The van der Waals surface area contributed by atoms with Crippen LogP contribution in [0.1, 0.15) is 29.6 Å². The van der Waals surface area contributed by atoms with Crippen molar-refractivity contribution in [1.82, 2.24) is 4.90 Å². The number of carbonyl (C=O) groups is 1. The average Bonchev–Trinajstić information content (AvgIpc) is 2.84. The molecule has 1 amide bonds. The number of benzene rings is 1. The minimum Gasteiger partial charge on any atom is -0.393 e. The Hall–Kier alpha value is -1.35. The summed E-state index contributed by atoms with van der Waals surface area (Å²) in [5, 5.41) is 10.0. The zero-order chi connectivity index (χ0) is 12.5. The van der Waals surface area contributed by atoms with Crippen LogP contribution in [0.4, 0.5) is 0 Å². The van der Waals surface area contributed by atoms with Gasteiger partial charge in [-0.25, -0.2) is 0 Å². The van der Waals surface area contributed by atoms with Crippen molar-refractivity contribution in [2.75, 3.05) is 13.1 Å². The maximum atomic E-state index is 12.3. The fraction of sp³-hybridized carbons (Fsp3) is 0.533. The largest absolute Gasteiger partial charge is 0.393 e. The van der Waals surface area contributed by atoms with Gasteiger partial charge in [0, 0.05) is 24.6 Å². The van der Waals surface area contributed by atoms with Crippen LogP contribution in [0.3, 0.4) is 0 Å². The number of fused-ring (bicyclic) bond motifs is 1. The summed E-state index contributed by atoms with van der Waals surface area (Å²) in [4.78, 5) is 14.3. The van der Waals surface area contributed by atoms with Crippen molar-refractivity contribution in [3.8, 4) is 0 Å². The van der Waals surface area contributed by atoms with Gasteiger partial charge in [0.25, 0.3) is 5.91 Å². The van der Waals surface area contributed by atoms with Crippen LogP contribution in [0.25, 0.3) is 0 Å². The van der Waals surface area contributed by atoms with Crippen LogP contribution in [-0.2, 0) is 0 Å². The molecule has 1 aromatic carbocycles. The average molecular weight is 245 g/mol. The first kappa shape index (κ1) is 11.7. The zero-order valence-corrected chi connectivity index (χ0v) is 10.5. The number of carbonyl (C=O) groups excluding carboxylic acids is 1. The first-order valence-corrected chi connectivity index (χ1v) is 6.78. The quantitative estimate of drug-likeness (QED) is 0.821. The van der Waals surface area contributed by atoms with E-state index in [0.29, 0.717) is 11.8 Å². The molecule has 3 rings (SSSR count). The highest BCUT2D eigenvalue weighted by Gasteiger charge is 2.41. The fourth-order valence-corrected chi connectivity index (χ4v) is 3.37. The van der Waals surface area contributed by atoms with E-state index in [2.05, 4.69) is 0 Å². The second-order valence-corrected chi connectivity index (χ2v) is 5.50. The van der Waals surface area contributed by atoms with Crippen LogP contribution in [0.5, 0.6) is 0 Å². The van der Waals surface area contributed by atoms with Crippen LogP contribution >= 0.6 is 0 Å². The van der Waals surface area contributed by atoms with Crippen molar-refractivity contribution in [2.45, 2.75) is 25.4 Å². The number of hydrogen-bond acceptors (Lipinski definition) is 2. The molecule has 1 saturated heterocycles. The lowest BCUT2D eigenvalue weighted by Gasteiger charge is -2.28. The number of amides is 1. The summed E-state index contributed by atoms with van der Waals surface area (Å²) in [7, 11) is 0. The Labute approximate surface area is 107 Å². The number of nitrogens with zero attached hydrogens (tertiary/aromatic N) is 1. The summed E-state index contributed by atoms with van der Waals surface area (Å²) in [6.45, 7) is 1.54. The summed E-state index contributed by atoms with van der Waals surface area (Å²) < 4.78 is 0. The SMILES string of the molecule is O=C(c1ccccc1)N1C[C@H]2CCCC(O)[C@H]2C1. The molecule has 1 aliphatic carbocycles. The predicted molar refractivity (Wildman–Crippen MR) is 69.2 cm³/mol. The summed E-state index contributed by atoms with van der Waals surface area (Å²) in [6.07, 6.45) is 2.93. The van der Waals surface area contributed by atoms with Crippen molar-refractivity contribution in [3.05, 3.63) is 35.9 Å². The molecule has 0 radical (unpaired) electrons. The molecular formula is C15H19NO2. The molecule has 3 atom stereocenters. The molecule has 3 heteroatoms. The minimum atomic E-state index is -0.211. The predicted octanol–water partition coefficient (Wildman–Crippen LogP) is 1.92. The topological polar surface area (TPSA) is 40.5 Å².